The molecule has 0 amide bonds. The van der Waals surface area contributed by atoms with E-state index >= 15 is 0 Å². The van der Waals surface area contributed by atoms with Crippen molar-refractivity contribution in [1.29, 1.82) is 0 Å². The normalized spacial score (nSPS) is 20.9. The molecule has 1 saturated heterocycles. The van der Waals surface area contributed by atoms with Gasteiger partial charge in [-0.1, -0.05) is 13.8 Å². The highest BCUT2D eigenvalue weighted by atomic mass is 127. The summed E-state index contributed by atoms with van der Waals surface area (Å²) in [7, 11) is 0. The molecule has 1 unspecified atom stereocenters. The lowest BCUT2D eigenvalue weighted by Gasteiger charge is -2.36. The number of hydrogen-bond donors (Lipinski definition) is 1. The van der Waals surface area contributed by atoms with Gasteiger partial charge in [-0.3, -0.25) is 0 Å². The van der Waals surface area contributed by atoms with E-state index in [1.165, 1.54) is 12.2 Å². The Balaban J connectivity index is 0.00000208. The van der Waals surface area contributed by atoms with E-state index < -0.39 is 0 Å². The van der Waals surface area contributed by atoms with Crippen molar-refractivity contribution in [3.63, 3.8) is 0 Å². The summed E-state index contributed by atoms with van der Waals surface area (Å²) in [4.78, 5) is 7.26. The Morgan fingerprint density at radius 3 is 2.96 bits per heavy atom. The molecule has 0 spiro atoms. The molecule has 1 fully saturated rings. The molecule has 0 radical (unpaired) electrons. The standard InChI is InChI=1S/C16H28N6S.HI/c1-4-17-16(21-8-9-23-13(11-21)12(2)3)18-10-15-20-19-14-6-5-7-22(14)15;/h12-13H,4-11H2,1-3H3,(H,17,18);1H. The predicted octanol–water partition coefficient (Wildman–Crippen LogP) is 2.38. The van der Waals surface area contributed by atoms with Gasteiger partial charge < -0.3 is 14.8 Å². The molecule has 2 aliphatic heterocycles. The lowest BCUT2D eigenvalue weighted by molar-refractivity contribution is 0.380. The third kappa shape index (κ3) is 4.56. The van der Waals surface area contributed by atoms with Crippen LogP contribution >= 0.6 is 35.7 Å². The lowest BCUT2D eigenvalue weighted by Crippen LogP contribution is -2.49. The minimum atomic E-state index is 0. The van der Waals surface area contributed by atoms with Crippen LogP contribution in [0.4, 0.5) is 0 Å². The molecule has 6 nitrogen and oxygen atoms in total. The molecule has 0 aromatic carbocycles. The average Bonchev–Trinajstić information content (AvgIpc) is 3.15. The number of rotatable bonds is 4. The van der Waals surface area contributed by atoms with Gasteiger partial charge >= 0.3 is 0 Å². The number of thioether (sulfide) groups is 1. The van der Waals surface area contributed by atoms with Crippen LogP contribution in [-0.4, -0.2) is 56.3 Å². The quantitative estimate of drug-likeness (QED) is 0.421. The fourth-order valence-corrected chi connectivity index (χ4v) is 4.47. The molecule has 0 saturated carbocycles. The first-order valence-corrected chi connectivity index (χ1v) is 9.79. The highest BCUT2D eigenvalue weighted by molar-refractivity contribution is 14.0. The molecule has 0 bridgehead atoms. The fourth-order valence-electron chi connectivity index (χ4n) is 3.17. The van der Waals surface area contributed by atoms with Gasteiger partial charge in [0.2, 0.25) is 0 Å². The van der Waals surface area contributed by atoms with E-state index in [2.05, 4.69) is 57.5 Å². The van der Waals surface area contributed by atoms with Crippen molar-refractivity contribution in [1.82, 2.24) is 25.0 Å². The predicted molar refractivity (Wildman–Crippen MR) is 111 cm³/mol. The molecule has 3 rings (SSSR count). The fraction of sp³-hybridized carbons (Fsp3) is 0.812. The number of aliphatic imine (C=N–C) groups is 1. The molecule has 1 aromatic heterocycles. The van der Waals surface area contributed by atoms with Crippen molar-refractivity contribution in [2.45, 2.75) is 52.0 Å². The second-order valence-electron chi connectivity index (χ2n) is 6.56. The maximum atomic E-state index is 4.85. The van der Waals surface area contributed by atoms with Gasteiger partial charge in [-0.25, -0.2) is 4.99 Å². The second-order valence-corrected chi connectivity index (χ2v) is 7.90. The smallest absolute Gasteiger partial charge is 0.194 e. The molecule has 136 valence electrons. The number of nitrogens with one attached hydrogen (secondary N) is 1. The number of nitrogens with zero attached hydrogens (tertiary/aromatic N) is 5. The van der Waals surface area contributed by atoms with E-state index in [4.69, 9.17) is 4.99 Å². The van der Waals surface area contributed by atoms with Crippen molar-refractivity contribution < 1.29 is 0 Å². The Hall–Kier alpha value is -0.510. The molecule has 1 N–H and O–H groups in total. The van der Waals surface area contributed by atoms with E-state index in [9.17, 15) is 0 Å². The summed E-state index contributed by atoms with van der Waals surface area (Å²) in [6, 6.07) is 0. The number of aryl methyl sites for hydroxylation is 1. The van der Waals surface area contributed by atoms with Gasteiger partial charge in [0.15, 0.2) is 11.8 Å². The molecule has 2 aliphatic rings. The summed E-state index contributed by atoms with van der Waals surface area (Å²) in [5.74, 6) is 5.02. The minimum Gasteiger partial charge on any atom is -0.357 e. The Bertz CT molecular complexity index is 559. The second kappa shape index (κ2) is 9.26. The molecule has 8 heteroatoms. The molecule has 3 heterocycles. The summed E-state index contributed by atoms with van der Waals surface area (Å²) < 4.78 is 2.23. The van der Waals surface area contributed by atoms with Crippen LogP contribution in [0.25, 0.3) is 0 Å². The zero-order valence-electron chi connectivity index (χ0n) is 14.9. The first kappa shape index (κ1) is 19.8. The lowest BCUT2D eigenvalue weighted by atomic mass is 10.1. The number of halogens is 1. The van der Waals surface area contributed by atoms with Crippen molar-refractivity contribution >= 4 is 41.7 Å². The van der Waals surface area contributed by atoms with Crippen molar-refractivity contribution in [2.24, 2.45) is 10.9 Å². The Morgan fingerprint density at radius 1 is 1.38 bits per heavy atom. The van der Waals surface area contributed by atoms with Crippen molar-refractivity contribution in [2.75, 3.05) is 25.4 Å². The molecule has 24 heavy (non-hydrogen) atoms. The highest BCUT2D eigenvalue weighted by Gasteiger charge is 2.25. The van der Waals surface area contributed by atoms with Gasteiger partial charge in [-0.15, -0.1) is 34.2 Å². The van der Waals surface area contributed by atoms with Gasteiger partial charge in [-0.2, -0.15) is 11.8 Å². The van der Waals surface area contributed by atoms with Gasteiger partial charge in [0, 0.05) is 43.6 Å². The first-order chi connectivity index (χ1) is 11.2. The number of aromatic nitrogens is 3. The summed E-state index contributed by atoms with van der Waals surface area (Å²) >= 11 is 2.09. The maximum Gasteiger partial charge on any atom is 0.194 e. The van der Waals surface area contributed by atoms with Crippen LogP contribution in [0, 0.1) is 5.92 Å². The van der Waals surface area contributed by atoms with Crippen LogP contribution in [0.3, 0.4) is 0 Å². The van der Waals surface area contributed by atoms with Crippen LogP contribution in [0.15, 0.2) is 4.99 Å². The Labute approximate surface area is 166 Å². The van der Waals surface area contributed by atoms with Crippen molar-refractivity contribution in [3.05, 3.63) is 11.6 Å². The third-order valence-electron chi connectivity index (χ3n) is 4.53. The van der Waals surface area contributed by atoms with E-state index in [0.29, 0.717) is 17.7 Å². The van der Waals surface area contributed by atoms with Gasteiger partial charge in [-0.05, 0) is 19.3 Å². The van der Waals surface area contributed by atoms with E-state index in [0.717, 1.165) is 50.2 Å². The average molecular weight is 464 g/mol. The number of guanidine groups is 1. The summed E-state index contributed by atoms with van der Waals surface area (Å²) in [6.07, 6.45) is 2.23. The topological polar surface area (TPSA) is 58.3 Å². The molecular formula is C16H29IN6S. The van der Waals surface area contributed by atoms with E-state index in [-0.39, 0.29) is 24.0 Å². The molecule has 0 aliphatic carbocycles. The summed E-state index contributed by atoms with van der Waals surface area (Å²) in [6.45, 7) is 11.4. The van der Waals surface area contributed by atoms with Crippen LogP contribution in [0.1, 0.15) is 38.8 Å². The molecule has 1 aromatic rings. The molecular weight excluding hydrogens is 435 g/mol. The molecule has 1 atom stereocenters. The highest BCUT2D eigenvalue weighted by Crippen LogP contribution is 2.25. The first-order valence-electron chi connectivity index (χ1n) is 8.74. The largest absolute Gasteiger partial charge is 0.357 e. The van der Waals surface area contributed by atoms with Gasteiger partial charge in [0.25, 0.3) is 0 Å². The van der Waals surface area contributed by atoms with Crippen LogP contribution in [0.5, 0.6) is 0 Å². The Kier molecular flexibility index (Phi) is 7.64. The monoisotopic (exact) mass is 464 g/mol. The number of fused-ring (bicyclic) bond motifs is 1. The zero-order chi connectivity index (χ0) is 16.2. The summed E-state index contributed by atoms with van der Waals surface area (Å²) in [5, 5.41) is 12.7. The summed E-state index contributed by atoms with van der Waals surface area (Å²) in [5.41, 5.74) is 0. The van der Waals surface area contributed by atoms with Crippen LogP contribution in [0.2, 0.25) is 0 Å². The van der Waals surface area contributed by atoms with Crippen LogP contribution in [-0.2, 0) is 19.5 Å². The van der Waals surface area contributed by atoms with Gasteiger partial charge in [0.1, 0.15) is 12.4 Å². The third-order valence-corrected chi connectivity index (χ3v) is 6.07. The van der Waals surface area contributed by atoms with Crippen molar-refractivity contribution in [3.8, 4) is 0 Å². The SMILES string of the molecule is CCNC(=NCc1nnc2n1CCC2)N1CCSC(C(C)C)C1.I. The van der Waals surface area contributed by atoms with Gasteiger partial charge in [0.05, 0.1) is 0 Å². The Morgan fingerprint density at radius 2 is 2.21 bits per heavy atom. The van der Waals surface area contributed by atoms with E-state index in [1.807, 2.05) is 0 Å². The number of hydrogen-bond acceptors (Lipinski definition) is 4. The zero-order valence-corrected chi connectivity index (χ0v) is 18.0. The van der Waals surface area contributed by atoms with Crippen LogP contribution < -0.4 is 5.32 Å². The maximum absolute atomic E-state index is 4.85. The van der Waals surface area contributed by atoms with E-state index in [1.54, 1.807) is 0 Å². The minimum absolute atomic E-state index is 0.